The van der Waals surface area contributed by atoms with Crippen LogP contribution in [-0.4, -0.2) is 32.2 Å². The standard InChI is InChI=1S/C20H21N3O4/c1-20(2,3)27-19(26)21-10-13-4-9-17-22-16(12-23(17)11-13)14-5-7-15(8-6-14)18(24)25/h4-9,11-12H,10H2,1-3H3,(H,21,26)(H,24,25). The van der Waals surface area contributed by atoms with E-state index < -0.39 is 17.7 Å². The Kier molecular flexibility index (Phi) is 4.85. The van der Waals surface area contributed by atoms with E-state index in [1.54, 1.807) is 24.3 Å². The number of benzene rings is 1. The van der Waals surface area contributed by atoms with Crippen LogP contribution in [0.1, 0.15) is 36.7 Å². The van der Waals surface area contributed by atoms with Crippen molar-refractivity contribution in [2.45, 2.75) is 32.9 Å². The molecular formula is C20H21N3O4. The molecule has 7 heteroatoms. The summed E-state index contributed by atoms with van der Waals surface area (Å²) in [7, 11) is 0. The number of hydrogen-bond acceptors (Lipinski definition) is 4. The van der Waals surface area contributed by atoms with E-state index in [1.807, 2.05) is 49.7 Å². The van der Waals surface area contributed by atoms with Crippen LogP contribution < -0.4 is 5.32 Å². The number of rotatable bonds is 4. The molecule has 3 aromatic rings. The summed E-state index contributed by atoms with van der Waals surface area (Å²) in [6.07, 6.45) is 3.28. The van der Waals surface area contributed by atoms with Gasteiger partial charge in [0.1, 0.15) is 11.2 Å². The van der Waals surface area contributed by atoms with E-state index in [0.717, 1.165) is 22.5 Å². The van der Waals surface area contributed by atoms with Crippen molar-refractivity contribution >= 4 is 17.7 Å². The highest BCUT2D eigenvalue weighted by atomic mass is 16.6. The Balaban J connectivity index is 1.75. The number of aromatic nitrogens is 2. The number of imidazole rings is 1. The molecule has 0 saturated carbocycles. The van der Waals surface area contributed by atoms with Crippen molar-refractivity contribution in [2.24, 2.45) is 0 Å². The SMILES string of the molecule is CC(C)(C)OC(=O)NCc1ccc2nc(-c3ccc(C(=O)O)cc3)cn2c1. The van der Waals surface area contributed by atoms with Gasteiger partial charge in [-0.25, -0.2) is 14.6 Å². The third kappa shape index (κ3) is 4.63. The number of nitrogens with one attached hydrogen (secondary N) is 1. The average Bonchev–Trinajstić information content (AvgIpc) is 3.02. The number of ether oxygens (including phenoxy) is 1. The molecule has 0 spiro atoms. The molecule has 140 valence electrons. The zero-order chi connectivity index (χ0) is 19.6. The van der Waals surface area contributed by atoms with Crippen molar-refractivity contribution in [1.82, 2.24) is 14.7 Å². The molecule has 0 saturated heterocycles. The molecule has 0 aliphatic heterocycles. The maximum absolute atomic E-state index is 11.8. The van der Waals surface area contributed by atoms with Gasteiger partial charge in [-0.1, -0.05) is 18.2 Å². The molecule has 2 aromatic heterocycles. The number of hydrogen-bond donors (Lipinski definition) is 2. The van der Waals surface area contributed by atoms with Crippen molar-refractivity contribution in [3.8, 4) is 11.3 Å². The van der Waals surface area contributed by atoms with Crippen LogP contribution in [0.2, 0.25) is 0 Å². The second kappa shape index (κ2) is 7.11. The maximum atomic E-state index is 11.8. The highest BCUT2D eigenvalue weighted by Gasteiger charge is 2.15. The first-order valence-electron chi connectivity index (χ1n) is 8.49. The van der Waals surface area contributed by atoms with Crippen LogP contribution >= 0.6 is 0 Å². The fourth-order valence-electron chi connectivity index (χ4n) is 2.55. The molecule has 3 rings (SSSR count). The number of carbonyl (C=O) groups is 2. The highest BCUT2D eigenvalue weighted by molar-refractivity contribution is 5.88. The van der Waals surface area contributed by atoms with E-state index in [0.29, 0.717) is 6.54 Å². The number of fused-ring (bicyclic) bond motifs is 1. The normalized spacial score (nSPS) is 11.4. The summed E-state index contributed by atoms with van der Waals surface area (Å²) in [5.41, 5.74) is 2.93. The molecule has 0 bridgehead atoms. The molecule has 0 aliphatic rings. The zero-order valence-electron chi connectivity index (χ0n) is 15.4. The predicted molar refractivity (Wildman–Crippen MR) is 101 cm³/mol. The van der Waals surface area contributed by atoms with Crippen LogP contribution in [0.3, 0.4) is 0 Å². The van der Waals surface area contributed by atoms with Crippen molar-refractivity contribution in [3.05, 3.63) is 59.9 Å². The number of pyridine rings is 1. The van der Waals surface area contributed by atoms with Gasteiger partial charge in [0.25, 0.3) is 0 Å². The van der Waals surface area contributed by atoms with Gasteiger partial charge in [-0.15, -0.1) is 0 Å². The third-order valence-electron chi connectivity index (χ3n) is 3.78. The summed E-state index contributed by atoms with van der Waals surface area (Å²) in [4.78, 5) is 27.3. The summed E-state index contributed by atoms with van der Waals surface area (Å²) in [5, 5.41) is 11.7. The van der Waals surface area contributed by atoms with Gasteiger partial charge in [-0.3, -0.25) is 0 Å². The predicted octanol–water partition coefficient (Wildman–Crippen LogP) is 3.72. The first-order chi connectivity index (χ1) is 12.7. The third-order valence-corrected chi connectivity index (χ3v) is 3.78. The molecule has 7 nitrogen and oxygen atoms in total. The summed E-state index contributed by atoms with van der Waals surface area (Å²) in [6, 6.07) is 10.3. The van der Waals surface area contributed by atoms with E-state index in [4.69, 9.17) is 9.84 Å². The van der Waals surface area contributed by atoms with Gasteiger partial charge in [-0.2, -0.15) is 0 Å². The second-order valence-electron chi connectivity index (χ2n) is 7.17. The first-order valence-corrected chi connectivity index (χ1v) is 8.49. The van der Waals surface area contributed by atoms with Crippen LogP contribution in [0.15, 0.2) is 48.8 Å². The Bertz CT molecular complexity index is 985. The number of aromatic carboxylic acids is 1. The molecule has 1 aromatic carbocycles. The smallest absolute Gasteiger partial charge is 0.407 e. The molecule has 2 N–H and O–H groups in total. The molecule has 2 heterocycles. The minimum absolute atomic E-state index is 0.234. The van der Waals surface area contributed by atoms with Gasteiger partial charge >= 0.3 is 12.1 Å². The quantitative estimate of drug-likeness (QED) is 0.733. The van der Waals surface area contributed by atoms with Gasteiger partial charge < -0.3 is 19.6 Å². The van der Waals surface area contributed by atoms with Crippen LogP contribution in [-0.2, 0) is 11.3 Å². The van der Waals surface area contributed by atoms with E-state index in [1.165, 1.54) is 0 Å². The second-order valence-corrected chi connectivity index (χ2v) is 7.17. The van der Waals surface area contributed by atoms with Crippen LogP contribution in [0.4, 0.5) is 4.79 Å². The minimum atomic E-state index is -0.960. The van der Waals surface area contributed by atoms with Crippen LogP contribution in [0, 0.1) is 0 Å². The van der Waals surface area contributed by atoms with Crippen molar-refractivity contribution in [1.29, 1.82) is 0 Å². The van der Waals surface area contributed by atoms with Gasteiger partial charge in [0.05, 0.1) is 11.3 Å². The first kappa shape index (κ1) is 18.4. The van der Waals surface area contributed by atoms with Gasteiger partial charge in [0, 0.05) is 24.5 Å². The Morgan fingerprint density at radius 1 is 1.11 bits per heavy atom. The Hall–Kier alpha value is -3.35. The molecule has 1 amide bonds. The lowest BCUT2D eigenvalue weighted by atomic mass is 10.1. The average molecular weight is 367 g/mol. The molecular weight excluding hydrogens is 346 g/mol. The number of carboxylic acid groups (broad SMARTS) is 1. The van der Waals surface area contributed by atoms with Crippen molar-refractivity contribution < 1.29 is 19.4 Å². The van der Waals surface area contributed by atoms with E-state index in [2.05, 4.69) is 10.3 Å². The lowest BCUT2D eigenvalue weighted by molar-refractivity contribution is 0.0523. The van der Waals surface area contributed by atoms with Gasteiger partial charge in [0.15, 0.2) is 0 Å². The molecule has 0 radical (unpaired) electrons. The number of nitrogens with zero attached hydrogens (tertiary/aromatic N) is 2. The van der Waals surface area contributed by atoms with Gasteiger partial charge in [0.2, 0.25) is 0 Å². The molecule has 0 atom stereocenters. The molecule has 27 heavy (non-hydrogen) atoms. The fourth-order valence-corrected chi connectivity index (χ4v) is 2.55. The molecule has 0 aliphatic carbocycles. The number of amides is 1. The summed E-state index contributed by atoms with van der Waals surface area (Å²) in [5.74, 6) is -0.960. The van der Waals surface area contributed by atoms with Crippen LogP contribution in [0.25, 0.3) is 16.9 Å². The van der Waals surface area contributed by atoms with E-state index >= 15 is 0 Å². The van der Waals surface area contributed by atoms with Crippen molar-refractivity contribution in [2.75, 3.05) is 0 Å². The molecule has 0 unspecified atom stereocenters. The Labute approximate surface area is 156 Å². The highest BCUT2D eigenvalue weighted by Crippen LogP contribution is 2.20. The van der Waals surface area contributed by atoms with Gasteiger partial charge in [-0.05, 0) is 44.5 Å². The van der Waals surface area contributed by atoms with E-state index in [9.17, 15) is 9.59 Å². The zero-order valence-corrected chi connectivity index (χ0v) is 15.4. The van der Waals surface area contributed by atoms with Crippen LogP contribution in [0.5, 0.6) is 0 Å². The molecule has 0 fully saturated rings. The lowest BCUT2D eigenvalue weighted by Gasteiger charge is -2.19. The summed E-state index contributed by atoms with van der Waals surface area (Å²) in [6.45, 7) is 5.78. The minimum Gasteiger partial charge on any atom is -0.478 e. The monoisotopic (exact) mass is 367 g/mol. The van der Waals surface area contributed by atoms with Crippen molar-refractivity contribution in [3.63, 3.8) is 0 Å². The number of alkyl carbamates (subject to hydrolysis) is 1. The topological polar surface area (TPSA) is 92.9 Å². The Morgan fingerprint density at radius 3 is 2.44 bits per heavy atom. The van der Waals surface area contributed by atoms with E-state index in [-0.39, 0.29) is 5.56 Å². The summed E-state index contributed by atoms with van der Waals surface area (Å²) >= 11 is 0. The number of carboxylic acids is 1. The fraction of sp³-hybridized carbons (Fsp3) is 0.250. The number of carbonyl (C=O) groups excluding carboxylic acids is 1. The Morgan fingerprint density at radius 2 is 1.81 bits per heavy atom. The maximum Gasteiger partial charge on any atom is 0.407 e. The largest absolute Gasteiger partial charge is 0.478 e. The lowest BCUT2D eigenvalue weighted by Crippen LogP contribution is -2.32. The summed E-state index contributed by atoms with van der Waals surface area (Å²) < 4.78 is 7.09.